The molecule has 0 radical (unpaired) electrons. The summed E-state index contributed by atoms with van der Waals surface area (Å²) in [6.45, 7) is 2.76. The van der Waals surface area contributed by atoms with Crippen LogP contribution >= 0.6 is 39.1 Å². The molecule has 0 heterocycles. The fourth-order valence-electron chi connectivity index (χ4n) is 1.97. The van der Waals surface area contributed by atoms with Crippen LogP contribution in [0, 0.1) is 6.92 Å². The summed E-state index contributed by atoms with van der Waals surface area (Å²) in [6.07, 6.45) is 0. The van der Waals surface area contributed by atoms with E-state index in [4.69, 9.17) is 33.7 Å². The van der Waals surface area contributed by atoms with Gasteiger partial charge in [0.05, 0.1) is 10.0 Å². The predicted octanol–water partition coefficient (Wildman–Crippen LogP) is 5.10. The van der Waals surface area contributed by atoms with Crippen molar-refractivity contribution in [2.45, 2.75) is 20.1 Å². The van der Waals surface area contributed by atoms with Crippen molar-refractivity contribution in [1.82, 2.24) is 0 Å². The zero-order valence-corrected chi connectivity index (χ0v) is 14.0. The van der Waals surface area contributed by atoms with Gasteiger partial charge in [0.1, 0.15) is 12.4 Å². The minimum atomic E-state index is 0.356. The van der Waals surface area contributed by atoms with Crippen LogP contribution < -0.4 is 10.5 Å². The highest BCUT2D eigenvalue weighted by Gasteiger charge is 2.10. The third kappa shape index (κ3) is 3.47. The lowest BCUT2D eigenvalue weighted by Crippen LogP contribution is -2.05. The molecule has 2 N–H and O–H groups in total. The molecule has 0 bridgehead atoms. The molecule has 0 unspecified atom stereocenters. The molecule has 0 aromatic heterocycles. The average Bonchev–Trinajstić information content (AvgIpc) is 2.41. The molecule has 0 saturated heterocycles. The van der Waals surface area contributed by atoms with Gasteiger partial charge in [-0.3, -0.25) is 0 Å². The molecule has 0 aliphatic heterocycles. The molecule has 0 amide bonds. The lowest BCUT2D eigenvalue weighted by atomic mass is 10.1. The fourth-order valence-corrected chi connectivity index (χ4v) is 2.96. The predicted molar refractivity (Wildman–Crippen MR) is 87.6 cm³/mol. The summed E-state index contributed by atoms with van der Waals surface area (Å²) >= 11 is 15.6. The van der Waals surface area contributed by atoms with E-state index in [2.05, 4.69) is 15.9 Å². The first-order valence-electron chi connectivity index (χ1n) is 6.07. The van der Waals surface area contributed by atoms with Gasteiger partial charge in [0, 0.05) is 22.1 Å². The third-order valence-corrected chi connectivity index (χ3v) is 4.26. The van der Waals surface area contributed by atoms with Crippen molar-refractivity contribution in [3.05, 3.63) is 61.5 Å². The molecule has 2 nitrogen and oxygen atoms in total. The number of nitrogens with two attached hydrogens (primary N) is 1. The van der Waals surface area contributed by atoms with Gasteiger partial charge >= 0.3 is 0 Å². The van der Waals surface area contributed by atoms with Gasteiger partial charge in [-0.25, -0.2) is 0 Å². The first kappa shape index (κ1) is 15.6. The standard InChI is InChI=1S/C15H14BrCl2NO/c1-9-5-12(16)6-11(7-19)15(9)20-8-10-3-2-4-13(17)14(10)18/h2-6H,7-8,19H2,1H3. The van der Waals surface area contributed by atoms with Gasteiger partial charge in [0.2, 0.25) is 0 Å². The van der Waals surface area contributed by atoms with Crippen LogP contribution in [0.25, 0.3) is 0 Å². The number of benzene rings is 2. The Labute approximate surface area is 137 Å². The van der Waals surface area contributed by atoms with Gasteiger partial charge in [-0.2, -0.15) is 0 Å². The lowest BCUT2D eigenvalue weighted by molar-refractivity contribution is 0.301. The van der Waals surface area contributed by atoms with Crippen molar-refractivity contribution in [3.8, 4) is 5.75 Å². The van der Waals surface area contributed by atoms with Crippen molar-refractivity contribution in [3.63, 3.8) is 0 Å². The molecule has 0 saturated carbocycles. The molecule has 5 heteroatoms. The number of halogens is 3. The van der Waals surface area contributed by atoms with E-state index >= 15 is 0 Å². The molecule has 0 atom stereocenters. The third-order valence-electron chi connectivity index (χ3n) is 2.94. The molecule has 20 heavy (non-hydrogen) atoms. The second-order valence-corrected chi connectivity index (χ2v) is 6.12. The quantitative estimate of drug-likeness (QED) is 0.807. The SMILES string of the molecule is Cc1cc(Br)cc(CN)c1OCc1cccc(Cl)c1Cl. The minimum absolute atomic E-state index is 0.356. The number of rotatable bonds is 4. The van der Waals surface area contributed by atoms with Crippen LogP contribution in [0.15, 0.2) is 34.8 Å². The van der Waals surface area contributed by atoms with Gasteiger partial charge in [-0.05, 0) is 30.7 Å². The van der Waals surface area contributed by atoms with E-state index in [0.717, 1.165) is 26.9 Å². The first-order valence-corrected chi connectivity index (χ1v) is 7.62. The zero-order chi connectivity index (χ0) is 14.7. The summed E-state index contributed by atoms with van der Waals surface area (Å²) in [5, 5.41) is 1.05. The maximum absolute atomic E-state index is 6.15. The molecular formula is C15H14BrCl2NO. The van der Waals surface area contributed by atoms with Crippen LogP contribution in [0.5, 0.6) is 5.75 Å². The molecule has 0 fully saturated rings. The Morgan fingerprint density at radius 1 is 1.20 bits per heavy atom. The highest BCUT2D eigenvalue weighted by atomic mass is 79.9. The van der Waals surface area contributed by atoms with E-state index in [0.29, 0.717) is 23.2 Å². The van der Waals surface area contributed by atoms with Crippen LogP contribution in [-0.4, -0.2) is 0 Å². The van der Waals surface area contributed by atoms with E-state index in [1.54, 1.807) is 6.07 Å². The molecular weight excluding hydrogens is 361 g/mol. The van der Waals surface area contributed by atoms with Crippen LogP contribution in [0.3, 0.4) is 0 Å². The molecule has 2 rings (SSSR count). The summed E-state index contributed by atoms with van der Waals surface area (Å²) in [7, 11) is 0. The molecule has 2 aromatic carbocycles. The summed E-state index contributed by atoms with van der Waals surface area (Å²) in [4.78, 5) is 0. The molecule has 2 aromatic rings. The number of hydrogen-bond acceptors (Lipinski definition) is 2. The van der Waals surface area contributed by atoms with E-state index in [1.807, 2.05) is 31.2 Å². The van der Waals surface area contributed by atoms with Crippen LogP contribution in [0.1, 0.15) is 16.7 Å². The van der Waals surface area contributed by atoms with Crippen molar-refractivity contribution in [1.29, 1.82) is 0 Å². The van der Waals surface area contributed by atoms with E-state index in [9.17, 15) is 0 Å². The zero-order valence-electron chi connectivity index (χ0n) is 10.9. The summed E-state index contributed by atoms with van der Waals surface area (Å²) in [6, 6.07) is 9.45. The highest BCUT2D eigenvalue weighted by molar-refractivity contribution is 9.10. The fraction of sp³-hybridized carbons (Fsp3) is 0.200. The second kappa shape index (κ2) is 6.81. The van der Waals surface area contributed by atoms with E-state index < -0.39 is 0 Å². The topological polar surface area (TPSA) is 35.2 Å². The van der Waals surface area contributed by atoms with Gasteiger partial charge in [0.25, 0.3) is 0 Å². The monoisotopic (exact) mass is 373 g/mol. The molecule has 0 spiro atoms. The maximum atomic E-state index is 6.15. The van der Waals surface area contributed by atoms with Gasteiger partial charge in [-0.1, -0.05) is 51.3 Å². The first-order chi connectivity index (χ1) is 9.52. The van der Waals surface area contributed by atoms with Crippen LogP contribution in [0.4, 0.5) is 0 Å². The van der Waals surface area contributed by atoms with Crippen LogP contribution in [-0.2, 0) is 13.2 Å². The summed E-state index contributed by atoms with van der Waals surface area (Å²) in [5.41, 5.74) is 8.59. The molecule has 0 aliphatic rings. The minimum Gasteiger partial charge on any atom is -0.488 e. The Hall–Kier alpha value is -0.740. The Bertz CT molecular complexity index is 632. The van der Waals surface area contributed by atoms with E-state index in [-0.39, 0.29) is 0 Å². The highest BCUT2D eigenvalue weighted by Crippen LogP contribution is 2.30. The Morgan fingerprint density at radius 3 is 2.65 bits per heavy atom. The lowest BCUT2D eigenvalue weighted by Gasteiger charge is -2.15. The number of ether oxygens (including phenoxy) is 1. The smallest absolute Gasteiger partial charge is 0.127 e. The molecule has 106 valence electrons. The van der Waals surface area contributed by atoms with Crippen molar-refractivity contribution in [2.24, 2.45) is 5.73 Å². The van der Waals surface area contributed by atoms with Crippen molar-refractivity contribution < 1.29 is 4.74 Å². The van der Waals surface area contributed by atoms with E-state index in [1.165, 1.54) is 0 Å². The number of hydrogen-bond donors (Lipinski definition) is 1. The Balaban J connectivity index is 2.25. The number of aryl methyl sites for hydroxylation is 1. The van der Waals surface area contributed by atoms with Crippen molar-refractivity contribution >= 4 is 39.1 Å². The van der Waals surface area contributed by atoms with Gasteiger partial charge in [-0.15, -0.1) is 0 Å². The Morgan fingerprint density at radius 2 is 1.95 bits per heavy atom. The normalized spacial score (nSPS) is 10.7. The largest absolute Gasteiger partial charge is 0.488 e. The molecule has 0 aliphatic carbocycles. The summed E-state index contributed by atoms with van der Waals surface area (Å²) in [5.74, 6) is 0.798. The maximum Gasteiger partial charge on any atom is 0.127 e. The summed E-state index contributed by atoms with van der Waals surface area (Å²) < 4.78 is 6.88. The Kier molecular flexibility index (Phi) is 5.33. The van der Waals surface area contributed by atoms with Crippen LogP contribution in [0.2, 0.25) is 10.0 Å². The van der Waals surface area contributed by atoms with Gasteiger partial charge < -0.3 is 10.5 Å². The van der Waals surface area contributed by atoms with Gasteiger partial charge in [0.15, 0.2) is 0 Å². The van der Waals surface area contributed by atoms with Crippen molar-refractivity contribution in [2.75, 3.05) is 0 Å². The second-order valence-electron chi connectivity index (χ2n) is 4.42. The average molecular weight is 375 g/mol.